The predicted octanol–water partition coefficient (Wildman–Crippen LogP) is 12.3. The molecule has 0 fully saturated rings. The highest BCUT2D eigenvalue weighted by molar-refractivity contribution is 6.30. The van der Waals surface area contributed by atoms with Crippen LogP contribution in [0.2, 0.25) is 0 Å². The molecule has 0 saturated heterocycles. The van der Waals surface area contributed by atoms with Gasteiger partial charge >= 0.3 is 0 Å². The van der Waals surface area contributed by atoms with E-state index < -0.39 is 0 Å². The van der Waals surface area contributed by atoms with E-state index >= 15 is 0 Å². The second-order valence-electron chi connectivity index (χ2n) is 11.9. The van der Waals surface area contributed by atoms with E-state index in [-0.39, 0.29) is 0 Å². The van der Waals surface area contributed by atoms with E-state index in [9.17, 15) is 0 Å². The summed E-state index contributed by atoms with van der Waals surface area (Å²) in [5.41, 5.74) is 7.66. The Kier molecular flexibility index (Phi) is 5.54. The van der Waals surface area contributed by atoms with Crippen LogP contribution < -0.4 is 4.90 Å². The number of rotatable bonds is 4. The summed E-state index contributed by atoms with van der Waals surface area (Å²) in [6.07, 6.45) is 0. The second-order valence-corrected chi connectivity index (χ2v) is 11.9. The lowest BCUT2D eigenvalue weighted by molar-refractivity contribution is 0.623. The van der Waals surface area contributed by atoms with Crippen molar-refractivity contribution in [3.8, 4) is 11.5 Å². The number of fused-ring (bicyclic) bond motifs is 11. The molecule has 47 heavy (non-hydrogen) atoms. The third kappa shape index (κ3) is 3.92. The van der Waals surface area contributed by atoms with E-state index in [0.717, 1.165) is 82.6 Å². The molecule has 0 amide bonds. The first-order chi connectivity index (χ1) is 23.3. The van der Waals surface area contributed by atoms with Crippen LogP contribution >= 0.6 is 0 Å². The van der Waals surface area contributed by atoms with E-state index in [1.165, 1.54) is 5.39 Å². The Morgan fingerprint density at radius 3 is 1.94 bits per heavy atom. The minimum Gasteiger partial charge on any atom is -0.456 e. The number of benzene rings is 8. The quantitative estimate of drug-likeness (QED) is 0.188. The van der Waals surface area contributed by atoms with Crippen LogP contribution in [0.3, 0.4) is 0 Å². The Balaban J connectivity index is 1.27. The van der Waals surface area contributed by atoms with Crippen LogP contribution in [0.5, 0.6) is 0 Å². The van der Waals surface area contributed by atoms with Crippen molar-refractivity contribution in [2.24, 2.45) is 0 Å². The van der Waals surface area contributed by atoms with Gasteiger partial charge in [-0.2, -0.15) is 0 Å². The summed E-state index contributed by atoms with van der Waals surface area (Å²) in [5, 5.41) is 8.97. The third-order valence-electron chi connectivity index (χ3n) is 9.26. The van der Waals surface area contributed by atoms with Crippen molar-refractivity contribution in [1.82, 2.24) is 4.98 Å². The lowest BCUT2D eigenvalue weighted by Gasteiger charge is -2.27. The molecule has 0 aliphatic carbocycles. The number of hydrogen-bond acceptors (Lipinski definition) is 4. The molecule has 0 N–H and O–H groups in total. The molecule has 4 heteroatoms. The lowest BCUT2D eigenvalue weighted by Crippen LogP contribution is -2.10. The summed E-state index contributed by atoms with van der Waals surface area (Å²) in [6.45, 7) is 0. The van der Waals surface area contributed by atoms with Crippen LogP contribution in [0.4, 0.5) is 17.1 Å². The number of anilines is 3. The van der Waals surface area contributed by atoms with Crippen molar-refractivity contribution in [2.75, 3.05) is 4.90 Å². The predicted molar refractivity (Wildman–Crippen MR) is 194 cm³/mol. The van der Waals surface area contributed by atoms with Crippen molar-refractivity contribution in [3.63, 3.8) is 0 Å². The molecule has 8 aromatic carbocycles. The van der Waals surface area contributed by atoms with Gasteiger partial charge in [-0.05, 0) is 70.8 Å². The molecular weight excluding hydrogens is 576 g/mol. The largest absolute Gasteiger partial charge is 0.456 e. The smallest absolute Gasteiger partial charge is 0.227 e. The van der Waals surface area contributed by atoms with Crippen LogP contribution in [0.25, 0.3) is 76.8 Å². The maximum atomic E-state index is 6.50. The second kappa shape index (κ2) is 10.1. The molecule has 10 rings (SSSR count). The highest BCUT2D eigenvalue weighted by Gasteiger charge is 2.21. The van der Waals surface area contributed by atoms with E-state index in [4.69, 9.17) is 13.8 Å². The zero-order chi connectivity index (χ0) is 30.9. The third-order valence-corrected chi connectivity index (χ3v) is 9.26. The van der Waals surface area contributed by atoms with Gasteiger partial charge in [0.15, 0.2) is 5.58 Å². The van der Waals surface area contributed by atoms with Crippen molar-refractivity contribution in [1.29, 1.82) is 0 Å². The number of para-hydroxylation sites is 2. The molecule has 220 valence electrons. The summed E-state index contributed by atoms with van der Waals surface area (Å²) in [5.74, 6) is 0.629. The van der Waals surface area contributed by atoms with Crippen molar-refractivity contribution in [2.45, 2.75) is 0 Å². The minimum atomic E-state index is 0.629. The highest BCUT2D eigenvalue weighted by atomic mass is 16.3. The molecular formula is C43H26N2O2. The maximum absolute atomic E-state index is 6.50. The summed E-state index contributed by atoms with van der Waals surface area (Å²) >= 11 is 0. The van der Waals surface area contributed by atoms with Gasteiger partial charge in [0.2, 0.25) is 5.89 Å². The Morgan fingerprint density at radius 2 is 1.09 bits per heavy atom. The molecule has 10 aromatic rings. The molecule has 0 unspecified atom stereocenters. The fourth-order valence-electron chi connectivity index (χ4n) is 7.17. The maximum Gasteiger partial charge on any atom is 0.227 e. The fraction of sp³-hybridized carbons (Fsp3) is 0. The lowest BCUT2D eigenvalue weighted by atomic mass is 9.94. The molecule has 2 heterocycles. The molecule has 0 aliphatic rings. The minimum absolute atomic E-state index is 0.629. The van der Waals surface area contributed by atoms with Crippen LogP contribution in [0, 0.1) is 0 Å². The average molecular weight is 603 g/mol. The average Bonchev–Trinajstić information content (AvgIpc) is 3.75. The normalized spacial score (nSPS) is 11.8. The molecule has 4 nitrogen and oxygen atoms in total. The van der Waals surface area contributed by atoms with Crippen molar-refractivity contribution < 1.29 is 8.83 Å². The summed E-state index contributed by atoms with van der Waals surface area (Å²) < 4.78 is 12.7. The summed E-state index contributed by atoms with van der Waals surface area (Å²) in [6, 6.07) is 55.0. The zero-order valence-corrected chi connectivity index (χ0v) is 25.2. The van der Waals surface area contributed by atoms with Gasteiger partial charge in [-0.15, -0.1) is 0 Å². The van der Waals surface area contributed by atoms with Gasteiger partial charge in [-0.1, -0.05) is 103 Å². The van der Waals surface area contributed by atoms with Crippen LogP contribution in [0.1, 0.15) is 0 Å². The first-order valence-corrected chi connectivity index (χ1v) is 15.8. The SMILES string of the molecule is c1ccc(-c2nc3c4ccc5c(N(c6ccccc6)c6ccc7oc8ccccc8c7c6)cccc5c4c4ccccc4c3o2)cc1. The van der Waals surface area contributed by atoms with E-state index in [0.29, 0.717) is 5.89 Å². The number of nitrogens with zero attached hydrogens (tertiary/aromatic N) is 2. The molecule has 0 saturated carbocycles. The number of aromatic nitrogens is 1. The standard InChI is InChI=1S/C43H26N2O2/c1-3-12-27(13-4-1)43-44-41-35-24-23-30-32(40(35)33-17-7-8-18-34(33)42(41)47-43)19-11-20-37(30)45(28-14-5-2-6-15-28)29-22-25-39-36(26-29)31-16-9-10-21-38(31)46-39/h1-26H. The van der Waals surface area contributed by atoms with Crippen molar-refractivity contribution >= 4 is 82.4 Å². The van der Waals surface area contributed by atoms with Gasteiger partial charge < -0.3 is 13.7 Å². The van der Waals surface area contributed by atoms with E-state index in [1.54, 1.807) is 0 Å². The Hall–Kier alpha value is -6.39. The van der Waals surface area contributed by atoms with Gasteiger partial charge in [0.1, 0.15) is 16.7 Å². The topological polar surface area (TPSA) is 42.4 Å². The Morgan fingerprint density at radius 1 is 0.426 bits per heavy atom. The first-order valence-electron chi connectivity index (χ1n) is 15.8. The molecule has 2 aromatic heterocycles. The van der Waals surface area contributed by atoms with Gasteiger partial charge in [-0.25, -0.2) is 4.98 Å². The number of furan rings is 1. The molecule has 0 atom stereocenters. The van der Waals surface area contributed by atoms with Gasteiger partial charge in [0.05, 0.1) is 5.69 Å². The number of hydrogen-bond donors (Lipinski definition) is 0. The highest BCUT2D eigenvalue weighted by Crippen LogP contribution is 2.45. The van der Waals surface area contributed by atoms with Gasteiger partial charge in [0.25, 0.3) is 0 Å². The fourth-order valence-corrected chi connectivity index (χ4v) is 7.17. The summed E-state index contributed by atoms with van der Waals surface area (Å²) in [4.78, 5) is 7.43. The van der Waals surface area contributed by atoms with Crippen LogP contribution in [-0.4, -0.2) is 4.98 Å². The Bertz CT molecular complexity index is 2800. The van der Waals surface area contributed by atoms with Crippen molar-refractivity contribution in [3.05, 3.63) is 158 Å². The summed E-state index contributed by atoms with van der Waals surface area (Å²) in [7, 11) is 0. The first kappa shape index (κ1) is 25.9. The van der Waals surface area contributed by atoms with Crippen LogP contribution in [-0.2, 0) is 0 Å². The molecule has 0 radical (unpaired) electrons. The van der Waals surface area contributed by atoms with E-state index in [2.05, 4.69) is 120 Å². The molecule has 0 aliphatic heterocycles. The Labute approximate surface area is 269 Å². The molecule has 0 spiro atoms. The van der Waals surface area contributed by atoms with Gasteiger partial charge in [-0.3, -0.25) is 0 Å². The van der Waals surface area contributed by atoms with E-state index in [1.807, 2.05) is 42.5 Å². The number of oxazole rings is 1. The zero-order valence-electron chi connectivity index (χ0n) is 25.2. The van der Waals surface area contributed by atoms with Gasteiger partial charge in [0, 0.05) is 43.9 Å². The molecule has 0 bridgehead atoms. The van der Waals surface area contributed by atoms with Crippen LogP contribution in [0.15, 0.2) is 167 Å². The monoisotopic (exact) mass is 602 g/mol.